The van der Waals surface area contributed by atoms with E-state index >= 15 is 0 Å². The normalized spacial score (nSPS) is 10.4. The molecule has 2 aromatic rings. The van der Waals surface area contributed by atoms with Crippen LogP contribution in [0, 0.1) is 6.92 Å². The molecule has 2 aromatic heterocycles. The Morgan fingerprint density at radius 1 is 1.44 bits per heavy atom. The van der Waals surface area contributed by atoms with Gasteiger partial charge in [-0.05, 0) is 30.7 Å². The van der Waals surface area contributed by atoms with Gasteiger partial charge in [0, 0.05) is 25.1 Å². The Balaban J connectivity index is 2.14. The Kier molecular flexibility index (Phi) is 3.15. The van der Waals surface area contributed by atoms with Crippen LogP contribution >= 0.6 is 11.6 Å². The van der Waals surface area contributed by atoms with Gasteiger partial charge in [-0.15, -0.1) is 0 Å². The lowest BCUT2D eigenvalue weighted by atomic mass is 10.2. The van der Waals surface area contributed by atoms with Crippen LogP contribution in [-0.2, 0) is 13.6 Å². The maximum Gasteiger partial charge on any atom is 0.152 e. The molecule has 0 aliphatic carbocycles. The molecular weight excluding hydrogens is 222 g/mol. The zero-order valence-corrected chi connectivity index (χ0v) is 10.1. The molecule has 84 valence electrons. The summed E-state index contributed by atoms with van der Waals surface area (Å²) in [6.45, 7) is 2.76. The molecule has 0 saturated carbocycles. The van der Waals surface area contributed by atoms with Crippen LogP contribution in [0.2, 0.25) is 5.15 Å². The standard InChI is InChI=1S/C12H14ClN3/c1-9-5-6-14-12(13)11(9)15-8-10-4-3-7-16(10)2/h3-7,15H,8H2,1-2H3. The van der Waals surface area contributed by atoms with Gasteiger partial charge in [-0.2, -0.15) is 0 Å². The molecule has 1 N–H and O–H groups in total. The highest BCUT2D eigenvalue weighted by atomic mass is 35.5. The fourth-order valence-electron chi connectivity index (χ4n) is 1.60. The highest BCUT2D eigenvalue weighted by Gasteiger charge is 2.05. The van der Waals surface area contributed by atoms with E-state index in [1.165, 1.54) is 5.69 Å². The summed E-state index contributed by atoms with van der Waals surface area (Å²) in [6, 6.07) is 6.04. The lowest BCUT2D eigenvalue weighted by molar-refractivity contribution is 0.841. The van der Waals surface area contributed by atoms with Crippen molar-refractivity contribution < 1.29 is 0 Å². The van der Waals surface area contributed by atoms with Crippen LogP contribution < -0.4 is 5.32 Å². The first-order valence-corrected chi connectivity index (χ1v) is 5.51. The Morgan fingerprint density at radius 3 is 2.88 bits per heavy atom. The molecule has 0 aromatic carbocycles. The summed E-state index contributed by atoms with van der Waals surface area (Å²) in [6.07, 6.45) is 3.74. The van der Waals surface area contributed by atoms with Crippen molar-refractivity contribution in [3.05, 3.63) is 47.0 Å². The van der Waals surface area contributed by atoms with Crippen LogP contribution in [0.5, 0.6) is 0 Å². The zero-order valence-electron chi connectivity index (χ0n) is 9.37. The van der Waals surface area contributed by atoms with Crippen LogP contribution in [0.4, 0.5) is 5.69 Å². The van der Waals surface area contributed by atoms with Gasteiger partial charge in [0.15, 0.2) is 5.15 Å². The average Bonchev–Trinajstić information content (AvgIpc) is 2.64. The molecule has 0 atom stereocenters. The fourth-order valence-corrected chi connectivity index (χ4v) is 1.87. The first kappa shape index (κ1) is 11.0. The van der Waals surface area contributed by atoms with Crippen LogP contribution in [-0.4, -0.2) is 9.55 Å². The highest BCUT2D eigenvalue weighted by molar-refractivity contribution is 6.32. The fraction of sp³-hybridized carbons (Fsp3) is 0.250. The van der Waals surface area contributed by atoms with Gasteiger partial charge < -0.3 is 9.88 Å². The molecule has 0 aliphatic heterocycles. The molecule has 0 saturated heterocycles. The Bertz CT molecular complexity index is 471. The second kappa shape index (κ2) is 4.58. The second-order valence-corrected chi connectivity index (χ2v) is 4.12. The van der Waals surface area contributed by atoms with Crippen molar-refractivity contribution in [1.82, 2.24) is 9.55 Å². The first-order valence-electron chi connectivity index (χ1n) is 5.13. The molecule has 0 aliphatic rings. The third-order valence-electron chi connectivity index (χ3n) is 2.61. The molecule has 0 radical (unpaired) electrons. The number of aromatic nitrogens is 2. The first-order chi connectivity index (χ1) is 7.68. The summed E-state index contributed by atoms with van der Waals surface area (Å²) in [5, 5.41) is 3.83. The van der Waals surface area contributed by atoms with Gasteiger partial charge in [0.05, 0.1) is 12.2 Å². The third kappa shape index (κ3) is 2.19. The third-order valence-corrected chi connectivity index (χ3v) is 2.90. The number of nitrogens with zero attached hydrogens (tertiary/aromatic N) is 2. The van der Waals surface area contributed by atoms with Crippen LogP contribution in [0.25, 0.3) is 0 Å². The van der Waals surface area contributed by atoms with E-state index in [1.807, 2.05) is 32.3 Å². The van der Waals surface area contributed by atoms with E-state index < -0.39 is 0 Å². The van der Waals surface area contributed by atoms with Crippen molar-refractivity contribution in [2.45, 2.75) is 13.5 Å². The van der Waals surface area contributed by atoms with E-state index in [4.69, 9.17) is 11.6 Å². The Labute approximate surface area is 100 Å². The van der Waals surface area contributed by atoms with Gasteiger partial charge >= 0.3 is 0 Å². The Morgan fingerprint density at radius 2 is 2.25 bits per heavy atom. The van der Waals surface area contributed by atoms with Crippen molar-refractivity contribution >= 4 is 17.3 Å². The lowest BCUT2D eigenvalue weighted by Crippen LogP contribution is -2.05. The summed E-state index contributed by atoms with van der Waals surface area (Å²) in [5.74, 6) is 0. The number of nitrogens with one attached hydrogen (secondary N) is 1. The molecule has 0 amide bonds. The van der Waals surface area contributed by atoms with E-state index in [2.05, 4.69) is 20.9 Å². The van der Waals surface area contributed by atoms with Crippen molar-refractivity contribution in [3.8, 4) is 0 Å². The number of aryl methyl sites for hydroxylation is 2. The molecule has 2 rings (SSSR count). The minimum absolute atomic E-state index is 0.522. The Hall–Kier alpha value is -1.48. The predicted molar refractivity (Wildman–Crippen MR) is 66.7 cm³/mol. The minimum atomic E-state index is 0.522. The van der Waals surface area contributed by atoms with Crippen LogP contribution in [0.1, 0.15) is 11.3 Å². The molecular formula is C12H14ClN3. The molecule has 3 nitrogen and oxygen atoms in total. The van der Waals surface area contributed by atoms with Gasteiger partial charge in [0.25, 0.3) is 0 Å². The number of halogens is 1. The number of hydrogen-bond donors (Lipinski definition) is 1. The molecule has 4 heteroatoms. The molecule has 16 heavy (non-hydrogen) atoms. The van der Waals surface area contributed by atoms with Gasteiger partial charge in [-0.3, -0.25) is 0 Å². The van der Waals surface area contributed by atoms with Crippen molar-refractivity contribution in [3.63, 3.8) is 0 Å². The van der Waals surface area contributed by atoms with Gasteiger partial charge in [-0.1, -0.05) is 11.6 Å². The number of hydrogen-bond acceptors (Lipinski definition) is 2. The zero-order chi connectivity index (χ0) is 11.5. The predicted octanol–water partition coefficient (Wildman–Crippen LogP) is 2.99. The molecule has 0 fully saturated rings. The maximum atomic E-state index is 6.03. The van der Waals surface area contributed by atoms with Crippen molar-refractivity contribution in [1.29, 1.82) is 0 Å². The average molecular weight is 236 g/mol. The maximum absolute atomic E-state index is 6.03. The monoisotopic (exact) mass is 235 g/mol. The molecule has 0 spiro atoms. The smallest absolute Gasteiger partial charge is 0.152 e. The van der Waals surface area contributed by atoms with Gasteiger partial charge in [-0.25, -0.2) is 4.98 Å². The van der Waals surface area contributed by atoms with E-state index in [0.717, 1.165) is 17.8 Å². The van der Waals surface area contributed by atoms with E-state index in [9.17, 15) is 0 Å². The topological polar surface area (TPSA) is 29.9 Å². The molecule has 2 heterocycles. The van der Waals surface area contributed by atoms with Crippen molar-refractivity contribution in [2.75, 3.05) is 5.32 Å². The highest BCUT2D eigenvalue weighted by Crippen LogP contribution is 2.23. The largest absolute Gasteiger partial charge is 0.377 e. The number of anilines is 1. The van der Waals surface area contributed by atoms with Crippen LogP contribution in [0.3, 0.4) is 0 Å². The molecule has 0 unspecified atom stereocenters. The summed E-state index contributed by atoms with van der Waals surface area (Å²) >= 11 is 6.03. The van der Waals surface area contributed by atoms with Crippen LogP contribution in [0.15, 0.2) is 30.6 Å². The van der Waals surface area contributed by atoms with Gasteiger partial charge in [0.1, 0.15) is 0 Å². The number of rotatable bonds is 3. The summed E-state index contributed by atoms with van der Waals surface area (Å²) in [5.41, 5.74) is 3.22. The summed E-state index contributed by atoms with van der Waals surface area (Å²) in [7, 11) is 2.02. The van der Waals surface area contributed by atoms with Gasteiger partial charge in [0.2, 0.25) is 0 Å². The molecule has 0 bridgehead atoms. The number of pyridine rings is 1. The van der Waals surface area contributed by atoms with E-state index in [0.29, 0.717) is 5.15 Å². The van der Waals surface area contributed by atoms with E-state index in [-0.39, 0.29) is 0 Å². The van der Waals surface area contributed by atoms with Crippen molar-refractivity contribution in [2.24, 2.45) is 7.05 Å². The second-order valence-electron chi connectivity index (χ2n) is 3.76. The minimum Gasteiger partial charge on any atom is -0.377 e. The lowest BCUT2D eigenvalue weighted by Gasteiger charge is -2.11. The summed E-state index contributed by atoms with van der Waals surface area (Å²) < 4.78 is 2.08. The SMILES string of the molecule is Cc1ccnc(Cl)c1NCc1cccn1C. The van der Waals surface area contributed by atoms with E-state index in [1.54, 1.807) is 6.20 Å². The quantitative estimate of drug-likeness (QED) is 0.829. The summed E-state index contributed by atoms with van der Waals surface area (Å²) in [4.78, 5) is 4.06.